The molecule has 0 bridgehead atoms. The summed E-state index contributed by atoms with van der Waals surface area (Å²) in [5.41, 5.74) is 0.592. The predicted molar refractivity (Wildman–Crippen MR) is 48.6 cm³/mol. The van der Waals surface area contributed by atoms with E-state index in [1.165, 1.54) is 13.0 Å². The largest absolute Gasteiger partial charge is 0.294 e. The molecule has 0 aliphatic heterocycles. The van der Waals surface area contributed by atoms with Crippen LogP contribution in [0.15, 0.2) is 30.0 Å². The van der Waals surface area contributed by atoms with Gasteiger partial charge in [0.1, 0.15) is 0 Å². The van der Waals surface area contributed by atoms with Crippen LogP contribution in [-0.2, 0) is 9.59 Å². The molecule has 1 aromatic rings. The Bertz CT molecular complexity index is 341. The number of ketones is 1. The lowest BCUT2D eigenvalue weighted by molar-refractivity contribution is -0.113. The molecule has 1 heterocycles. The van der Waals surface area contributed by atoms with Crippen LogP contribution in [0.4, 0.5) is 0 Å². The number of rotatable bonds is 3. The number of hydrogen-bond acceptors (Lipinski definition) is 3. The maximum Gasteiger partial charge on any atom is 0.237 e. The first-order valence-corrected chi connectivity index (χ1v) is 3.76. The van der Waals surface area contributed by atoms with Gasteiger partial charge in [0.25, 0.3) is 0 Å². The molecule has 3 heteroatoms. The summed E-state index contributed by atoms with van der Waals surface area (Å²) in [5.74, 6) is -0.305. The number of hydrogen-bond donors (Lipinski definition) is 0. The van der Waals surface area contributed by atoms with Crippen molar-refractivity contribution in [1.29, 1.82) is 0 Å². The van der Waals surface area contributed by atoms with E-state index in [1.54, 1.807) is 30.7 Å². The van der Waals surface area contributed by atoms with Gasteiger partial charge in [0.2, 0.25) is 6.29 Å². The van der Waals surface area contributed by atoms with E-state index in [4.69, 9.17) is 0 Å². The average molecular weight is 174 g/mol. The van der Waals surface area contributed by atoms with E-state index in [9.17, 15) is 9.59 Å². The van der Waals surface area contributed by atoms with Gasteiger partial charge in [-0.15, -0.1) is 0 Å². The maximum absolute atomic E-state index is 10.8. The Balaban J connectivity index is 2.98. The van der Waals surface area contributed by atoms with Crippen molar-refractivity contribution in [2.75, 3.05) is 0 Å². The molecule has 0 saturated heterocycles. The molecule has 0 fully saturated rings. The quantitative estimate of drug-likeness (QED) is 0.392. The molecule has 65 valence electrons. The highest BCUT2D eigenvalue weighted by Crippen LogP contribution is 2.02. The number of aromatic nitrogens is 1. The van der Waals surface area contributed by atoms with Gasteiger partial charge in [-0.25, -0.2) is 0 Å². The zero-order valence-electron chi connectivity index (χ0n) is 7.15. The van der Waals surface area contributed by atoms with Crippen LogP contribution in [0.3, 0.4) is 0 Å². The van der Waals surface area contributed by atoms with Crippen LogP contribution in [0.2, 0.25) is 0 Å². The summed E-state index contributed by atoms with van der Waals surface area (Å²) in [6.07, 6.45) is 4.58. The van der Waals surface area contributed by atoms with Gasteiger partial charge >= 0.3 is 0 Å². The smallest absolute Gasteiger partial charge is 0.237 e. The summed E-state index contributed by atoms with van der Waals surface area (Å²) in [4.78, 5) is 25.1. The van der Waals surface area contributed by atoms with Crippen molar-refractivity contribution in [2.45, 2.75) is 6.92 Å². The van der Waals surface area contributed by atoms with Gasteiger partial charge in [0.15, 0.2) is 5.78 Å². The van der Waals surface area contributed by atoms with E-state index >= 15 is 0 Å². The highest BCUT2D eigenvalue weighted by atomic mass is 16.1. The zero-order valence-corrected chi connectivity index (χ0v) is 7.15. The van der Waals surface area contributed by atoms with Gasteiger partial charge in [-0.1, -0.05) is 6.07 Å². The third-order valence-electron chi connectivity index (χ3n) is 1.47. The summed E-state index contributed by atoms with van der Waals surface area (Å²) in [6, 6.07) is 5.25. The minimum atomic E-state index is -0.305. The van der Waals surface area contributed by atoms with Crippen LogP contribution in [0.5, 0.6) is 0 Å². The van der Waals surface area contributed by atoms with Crippen molar-refractivity contribution in [2.24, 2.45) is 0 Å². The Kier molecular flexibility index (Phi) is 3.09. The first-order valence-electron chi connectivity index (χ1n) is 3.76. The van der Waals surface area contributed by atoms with Crippen LogP contribution in [-0.4, -0.2) is 17.1 Å². The van der Waals surface area contributed by atoms with Crippen LogP contribution in [0.1, 0.15) is 12.6 Å². The van der Waals surface area contributed by atoms with Crippen molar-refractivity contribution >= 4 is 18.1 Å². The Morgan fingerprint density at radius 2 is 2.31 bits per heavy atom. The summed E-state index contributed by atoms with van der Waals surface area (Å²) in [7, 11) is 0. The molecule has 0 saturated carbocycles. The number of carbonyl (C=O) groups is 1. The lowest BCUT2D eigenvalue weighted by atomic mass is 10.1. The third kappa shape index (κ3) is 2.63. The van der Waals surface area contributed by atoms with Crippen molar-refractivity contribution < 1.29 is 9.59 Å². The van der Waals surface area contributed by atoms with E-state index in [0.29, 0.717) is 5.69 Å². The summed E-state index contributed by atoms with van der Waals surface area (Å²) in [6.45, 7) is 1.32. The molecule has 0 amide bonds. The lowest BCUT2D eigenvalue weighted by Crippen LogP contribution is -1.97. The molecule has 0 spiro atoms. The maximum atomic E-state index is 10.8. The first kappa shape index (κ1) is 9.32. The second-order valence-electron chi connectivity index (χ2n) is 2.47. The fourth-order valence-corrected chi connectivity index (χ4v) is 0.812. The number of pyridine rings is 1. The second-order valence-corrected chi connectivity index (χ2v) is 2.47. The van der Waals surface area contributed by atoms with E-state index in [-0.39, 0.29) is 11.4 Å². The molecule has 0 aliphatic rings. The highest BCUT2D eigenvalue weighted by Gasteiger charge is 2.02. The molecule has 0 aliphatic carbocycles. The third-order valence-corrected chi connectivity index (χ3v) is 1.47. The molecular weight excluding hydrogens is 166 g/mol. The van der Waals surface area contributed by atoms with Crippen LogP contribution < -0.4 is 0 Å². The highest BCUT2D eigenvalue weighted by molar-refractivity contribution is 6.14. The number of Topliss-reactive ketones (excluding diaryl/α,β-unsaturated/α-hetero) is 1. The van der Waals surface area contributed by atoms with Gasteiger partial charge in [0, 0.05) is 6.20 Å². The van der Waals surface area contributed by atoms with E-state index < -0.39 is 0 Å². The van der Waals surface area contributed by atoms with Gasteiger partial charge in [-0.3, -0.25) is 14.6 Å². The van der Waals surface area contributed by atoms with Crippen LogP contribution in [0, 0.1) is 0 Å². The van der Waals surface area contributed by atoms with Crippen molar-refractivity contribution in [1.82, 2.24) is 4.98 Å². The molecule has 0 N–H and O–H groups in total. The summed E-state index contributed by atoms with van der Waals surface area (Å²) in [5, 5.41) is 0. The standard InChI is InChI=1S/C10H8NO2/c1-8(13)9(7-12)6-10-4-2-3-5-11-10/h2-6H,1H3. The molecule has 1 rings (SSSR count). The number of allylic oxidation sites excluding steroid dienone is 1. The van der Waals surface area contributed by atoms with Crippen molar-refractivity contribution in [3.63, 3.8) is 0 Å². The van der Waals surface area contributed by atoms with Gasteiger partial charge in [-0.2, -0.15) is 0 Å². The molecule has 1 aromatic heterocycles. The van der Waals surface area contributed by atoms with Crippen molar-refractivity contribution in [3.05, 3.63) is 35.7 Å². The number of carbonyl (C=O) groups excluding carboxylic acids is 2. The predicted octanol–water partition coefficient (Wildman–Crippen LogP) is 1.16. The van der Waals surface area contributed by atoms with Gasteiger partial charge in [-0.05, 0) is 25.1 Å². The normalized spacial score (nSPS) is 11.0. The first-order chi connectivity index (χ1) is 6.24. The lowest BCUT2D eigenvalue weighted by Gasteiger charge is -1.92. The number of nitrogens with zero attached hydrogens (tertiary/aromatic N) is 1. The summed E-state index contributed by atoms with van der Waals surface area (Å²) < 4.78 is 0. The molecule has 13 heavy (non-hydrogen) atoms. The van der Waals surface area contributed by atoms with Crippen LogP contribution in [0.25, 0.3) is 6.08 Å². The van der Waals surface area contributed by atoms with E-state index in [1.807, 2.05) is 0 Å². The fourth-order valence-electron chi connectivity index (χ4n) is 0.812. The fraction of sp³-hybridized carbons (Fsp3) is 0.100. The Hall–Kier alpha value is -1.77. The van der Waals surface area contributed by atoms with Crippen LogP contribution >= 0.6 is 0 Å². The Labute approximate surface area is 76.1 Å². The molecule has 0 unspecified atom stereocenters. The second kappa shape index (κ2) is 4.30. The minimum absolute atomic E-state index is 0.0127. The Morgan fingerprint density at radius 3 is 2.77 bits per heavy atom. The molecule has 0 aromatic carbocycles. The average Bonchev–Trinajstić information content (AvgIpc) is 2.15. The van der Waals surface area contributed by atoms with Gasteiger partial charge in [0.05, 0.1) is 11.3 Å². The van der Waals surface area contributed by atoms with E-state index in [0.717, 1.165) is 0 Å². The topological polar surface area (TPSA) is 47.0 Å². The zero-order chi connectivity index (χ0) is 9.68. The molecule has 1 radical (unpaired) electrons. The Morgan fingerprint density at radius 1 is 1.54 bits per heavy atom. The van der Waals surface area contributed by atoms with E-state index in [2.05, 4.69) is 4.98 Å². The molecule has 3 nitrogen and oxygen atoms in total. The molecule has 0 atom stereocenters. The summed E-state index contributed by atoms with van der Waals surface area (Å²) >= 11 is 0. The minimum Gasteiger partial charge on any atom is -0.294 e. The molecular formula is C10H8NO2. The van der Waals surface area contributed by atoms with Crippen molar-refractivity contribution in [3.8, 4) is 0 Å². The van der Waals surface area contributed by atoms with Gasteiger partial charge < -0.3 is 0 Å². The monoisotopic (exact) mass is 174 g/mol. The SMILES string of the molecule is CC(=O)C([C]=O)=Cc1ccccn1.